The summed E-state index contributed by atoms with van der Waals surface area (Å²) in [6.07, 6.45) is 0.649. The van der Waals surface area contributed by atoms with E-state index >= 15 is 0 Å². The molecular weight excluding hydrogens is 299 g/mol. The van der Waals surface area contributed by atoms with Crippen LogP contribution in [0.5, 0.6) is 0 Å². The van der Waals surface area contributed by atoms with Crippen LogP contribution in [-0.2, 0) is 11.3 Å². The van der Waals surface area contributed by atoms with Crippen molar-refractivity contribution in [2.24, 2.45) is 0 Å². The maximum absolute atomic E-state index is 10.6. The minimum atomic E-state index is -0.874. The summed E-state index contributed by atoms with van der Waals surface area (Å²) in [6.45, 7) is 2.88. The first-order valence-corrected chi connectivity index (χ1v) is 6.95. The summed E-state index contributed by atoms with van der Waals surface area (Å²) in [4.78, 5) is 0. The summed E-state index contributed by atoms with van der Waals surface area (Å²) in [5, 5.41) is 15.8. The molecule has 0 aliphatic rings. The average molecular weight is 315 g/mol. The first kappa shape index (κ1) is 15.3. The third-order valence-corrected chi connectivity index (χ3v) is 3.90. The van der Waals surface area contributed by atoms with Crippen LogP contribution < -0.4 is 0 Å². The molecule has 20 heavy (non-hydrogen) atoms. The quantitative estimate of drug-likeness (QED) is 0.921. The van der Waals surface area contributed by atoms with Gasteiger partial charge in [0.1, 0.15) is 6.10 Å². The number of hydrogen-bond donors (Lipinski definition) is 1. The molecule has 0 aliphatic carbocycles. The predicted molar refractivity (Wildman–Crippen MR) is 79.4 cm³/mol. The number of nitrogens with zero attached hydrogens (tertiary/aromatic N) is 2. The molecule has 0 spiro atoms. The van der Waals surface area contributed by atoms with Gasteiger partial charge in [0, 0.05) is 12.1 Å². The second-order valence-electron chi connectivity index (χ2n) is 4.45. The molecule has 0 aliphatic heterocycles. The van der Waals surface area contributed by atoms with Crippen LogP contribution >= 0.6 is 23.2 Å². The normalized spacial score (nSPS) is 12.7. The summed E-state index contributed by atoms with van der Waals surface area (Å²) in [7, 11) is 1.61. The van der Waals surface area contributed by atoms with Crippen LogP contribution in [0, 0.1) is 6.92 Å². The van der Waals surface area contributed by atoms with Gasteiger partial charge in [0.2, 0.25) is 0 Å². The van der Waals surface area contributed by atoms with Gasteiger partial charge in [-0.05, 0) is 24.1 Å². The molecule has 0 amide bonds. The minimum absolute atomic E-state index is 0.424. The molecule has 4 nitrogen and oxygen atoms in total. The summed E-state index contributed by atoms with van der Waals surface area (Å²) in [5.41, 5.74) is 2.10. The number of rotatable bonds is 5. The smallest absolute Gasteiger partial charge is 0.122 e. The lowest BCUT2D eigenvalue weighted by atomic mass is 10.0. The Hall–Kier alpha value is -1.07. The Bertz CT molecular complexity index is 599. The van der Waals surface area contributed by atoms with E-state index in [0.29, 0.717) is 28.9 Å². The Kier molecular flexibility index (Phi) is 5.05. The predicted octanol–water partition coefficient (Wildman–Crippen LogP) is 3.23. The molecule has 108 valence electrons. The number of aliphatic hydroxyl groups is 1. The molecule has 2 rings (SSSR count). The van der Waals surface area contributed by atoms with E-state index in [0.717, 1.165) is 11.1 Å². The molecule has 0 fully saturated rings. The molecule has 0 radical (unpaired) electrons. The molecule has 1 heterocycles. The van der Waals surface area contributed by atoms with Crippen LogP contribution in [0.4, 0.5) is 0 Å². The van der Waals surface area contributed by atoms with Gasteiger partial charge in [0.05, 0.1) is 30.1 Å². The fraction of sp³-hybridized carbons (Fsp3) is 0.357. The van der Waals surface area contributed by atoms with E-state index in [1.807, 2.05) is 13.0 Å². The number of ether oxygens (including phenoxy) is 1. The highest BCUT2D eigenvalue weighted by molar-refractivity contribution is 6.31. The molecule has 1 aromatic heterocycles. The van der Waals surface area contributed by atoms with E-state index in [4.69, 9.17) is 27.9 Å². The lowest BCUT2D eigenvalue weighted by Crippen LogP contribution is -2.14. The maximum Gasteiger partial charge on any atom is 0.122 e. The molecule has 6 heteroatoms. The molecule has 1 N–H and O–H groups in total. The van der Waals surface area contributed by atoms with Crippen LogP contribution in [-0.4, -0.2) is 28.6 Å². The molecule has 2 aromatic rings. The molecule has 0 bridgehead atoms. The Balaban J connectivity index is 2.40. The van der Waals surface area contributed by atoms with Crippen LogP contribution in [0.25, 0.3) is 0 Å². The van der Waals surface area contributed by atoms with Gasteiger partial charge >= 0.3 is 0 Å². The van der Waals surface area contributed by atoms with Gasteiger partial charge in [0.15, 0.2) is 0 Å². The number of benzene rings is 1. The summed E-state index contributed by atoms with van der Waals surface area (Å²) < 4.78 is 6.68. The minimum Gasteiger partial charge on any atom is -0.383 e. The van der Waals surface area contributed by atoms with Crippen molar-refractivity contribution in [2.75, 3.05) is 13.7 Å². The van der Waals surface area contributed by atoms with E-state index in [2.05, 4.69) is 5.10 Å². The van der Waals surface area contributed by atoms with E-state index in [-0.39, 0.29) is 0 Å². The monoisotopic (exact) mass is 314 g/mol. The molecular formula is C14H16Cl2N2O2. The van der Waals surface area contributed by atoms with Crippen LogP contribution in [0.15, 0.2) is 24.4 Å². The van der Waals surface area contributed by atoms with Crippen molar-refractivity contribution >= 4 is 23.2 Å². The van der Waals surface area contributed by atoms with Crippen molar-refractivity contribution in [3.05, 3.63) is 51.3 Å². The lowest BCUT2D eigenvalue weighted by Gasteiger charge is -2.17. The molecule has 0 saturated heterocycles. The number of aromatic nitrogens is 2. The van der Waals surface area contributed by atoms with Crippen LogP contribution in [0.3, 0.4) is 0 Å². The average Bonchev–Trinajstić information content (AvgIpc) is 2.80. The second-order valence-corrected chi connectivity index (χ2v) is 5.26. The summed E-state index contributed by atoms with van der Waals surface area (Å²) in [5.74, 6) is 0. The second kappa shape index (κ2) is 6.59. The Labute approximate surface area is 127 Å². The van der Waals surface area contributed by atoms with Gasteiger partial charge in [-0.3, -0.25) is 4.68 Å². The summed E-state index contributed by atoms with van der Waals surface area (Å²) in [6, 6.07) is 5.42. The number of halogens is 2. The Morgan fingerprint density at radius 3 is 2.80 bits per heavy atom. The topological polar surface area (TPSA) is 47.3 Å². The van der Waals surface area contributed by atoms with E-state index in [1.165, 1.54) is 6.20 Å². The zero-order chi connectivity index (χ0) is 14.7. The van der Waals surface area contributed by atoms with Gasteiger partial charge in [0.25, 0.3) is 0 Å². The van der Waals surface area contributed by atoms with Crippen molar-refractivity contribution < 1.29 is 9.84 Å². The van der Waals surface area contributed by atoms with E-state index in [9.17, 15) is 5.11 Å². The molecule has 1 unspecified atom stereocenters. The lowest BCUT2D eigenvalue weighted by molar-refractivity contribution is 0.171. The third-order valence-electron chi connectivity index (χ3n) is 3.20. The van der Waals surface area contributed by atoms with Gasteiger partial charge in [-0.2, -0.15) is 5.10 Å². The fourth-order valence-electron chi connectivity index (χ4n) is 2.07. The van der Waals surface area contributed by atoms with Crippen molar-refractivity contribution in [1.29, 1.82) is 0 Å². The number of aliphatic hydroxyl groups excluding tert-OH is 1. The zero-order valence-electron chi connectivity index (χ0n) is 11.3. The maximum atomic E-state index is 10.6. The largest absolute Gasteiger partial charge is 0.383 e. The van der Waals surface area contributed by atoms with Crippen molar-refractivity contribution in [3.8, 4) is 0 Å². The van der Waals surface area contributed by atoms with Crippen molar-refractivity contribution in [3.63, 3.8) is 0 Å². The fourth-order valence-corrected chi connectivity index (χ4v) is 2.49. The van der Waals surface area contributed by atoms with Crippen molar-refractivity contribution in [2.45, 2.75) is 19.6 Å². The van der Waals surface area contributed by atoms with Crippen LogP contribution in [0.2, 0.25) is 10.0 Å². The number of methoxy groups -OCH3 is 1. The summed E-state index contributed by atoms with van der Waals surface area (Å²) >= 11 is 12.2. The highest BCUT2D eigenvalue weighted by Crippen LogP contribution is 2.32. The first-order valence-electron chi connectivity index (χ1n) is 6.19. The first-order chi connectivity index (χ1) is 9.56. The Morgan fingerprint density at radius 1 is 1.35 bits per heavy atom. The third kappa shape index (κ3) is 2.99. The van der Waals surface area contributed by atoms with Gasteiger partial charge in [-0.15, -0.1) is 0 Å². The number of hydrogen-bond acceptors (Lipinski definition) is 3. The van der Waals surface area contributed by atoms with Gasteiger partial charge < -0.3 is 9.84 Å². The zero-order valence-corrected chi connectivity index (χ0v) is 12.8. The van der Waals surface area contributed by atoms with Crippen molar-refractivity contribution in [1.82, 2.24) is 9.78 Å². The van der Waals surface area contributed by atoms with E-state index in [1.54, 1.807) is 23.9 Å². The highest BCUT2D eigenvalue weighted by atomic mass is 35.5. The van der Waals surface area contributed by atoms with Gasteiger partial charge in [-0.1, -0.05) is 35.3 Å². The molecule has 0 saturated carbocycles. The standard InChI is InChI=1S/C14H16Cl2N2O2/c1-9-10(4-3-5-11(9)15)14(19)13-12(16)8-17-18(13)6-7-20-2/h3-5,8,14,19H,6-7H2,1-2H3. The van der Waals surface area contributed by atoms with E-state index < -0.39 is 6.10 Å². The van der Waals surface area contributed by atoms with Crippen LogP contribution in [0.1, 0.15) is 22.9 Å². The highest BCUT2D eigenvalue weighted by Gasteiger charge is 2.21. The Morgan fingerprint density at radius 2 is 2.10 bits per heavy atom. The SMILES string of the molecule is COCCn1ncc(Cl)c1C(O)c1cccc(Cl)c1C. The van der Waals surface area contributed by atoms with Gasteiger partial charge in [-0.25, -0.2) is 0 Å². The molecule has 1 aromatic carbocycles. The molecule has 1 atom stereocenters.